The molecule has 2 amide bonds. The van der Waals surface area contributed by atoms with Crippen LogP contribution in [0, 0.1) is 0 Å². The molecule has 0 spiro atoms. The number of nitrogens with one attached hydrogen (secondary N) is 1. The molecular formula is C28H27N3O3. The van der Waals surface area contributed by atoms with Crippen LogP contribution in [0.3, 0.4) is 0 Å². The third-order valence-electron chi connectivity index (χ3n) is 6.21. The van der Waals surface area contributed by atoms with E-state index in [1.54, 1.807) is 4.90 Å². The van der Waals surface area contributed by atoms with Gasteiger partial charge in [0.25, 0.3) is 5.91 Å². The summed E-state index contributed by atoms with van der Waals surface area (Å²) < 4.78 is 7.67. The van der Waals surface area contributed by atoms with Gasteiger partial charge in [-0.05, 0) is 48.4 Å². The van der Waals surface area contributed by atoms with Crippen molar-refractivity contribution in [2.75, 3.05) is 18.5 Å². The average molecular weight is 454 g/mol. The van der Waals surface area contributed by atoms with Crippen LogP contribution in [0.25, 0.3) is 10.9 Å². The number of anilines is 1. The summed E-state index contributed by atoms with van der Waals surface area (Å²) in [6.45, 7) is 2.66. The zero-order valence-electron chi connectivity index (χ0n) is 19.3. The molecule has 5 rings (SSSR count). The number of rotatable bonds is 7. The Labute approximate surface area is 198 Å². The Hall–Kier alpha value is -4.06. The predicted octanol–water partition coefficient (Wildman–Crippen LogP) is 5.15. The molecule has 2 heterocycles. The molecule has 6 heteroatoms. The maximum Gasteiger partial charge on any atom is 0.255 e. The van der Waals surface area contributed by atoms with Gasteiger partial charge < -0.3 is 19.5 Å². The van der Waals surface area contributed by atoms with E-state index in [0.717, 1.165) is 34.2 Å². The van der Waals surface area contributed by atoms with E-state index in [0.29, 0.717) is 17.9 Å². The third kappa shape index (κ3) is 3.92. The van der Waals surface area contributed by atoms with E-state index < -0.39 is 0 Å². The highest BCUT2D eigenvalue weighted by Crippen LogP contribution is 2.41. The van der Waals surface area contributed by atoms with Gasteiger partial charge in [0.05, 0.1) is 12.6 Å². The lowest BCUT2D eigenvalue weighted by Gasteiger charge is -2.25. The predicted molar refractivity (Wildman–Crippen MR) is 133 cm³/mol. The monoisotopic (exact) mass is 453 g/mol. The highest BCUT2D eigenvalue weighted by atomic mass is 16.5. The Morgan fingerprint density at radius 3 is 2.50 bits per heavy atom. The minimum absolute atomic E-state index is 0.0461. The second kappa shape index (κ2) is 9.06. The van der Waals surface area contributed by atoms with Crippen LogP contribution in [-0.4, -0.2) is 34.4 Å². The molecule has 1 atom stereocenters. The van der Waals surface area contributed by atoms with Gasteiger partial charge in [0.1, 0.15) is 12.3 Å². The lowest BCUT2D eigenvalue weighted by Crippen LogP contribution is -2.36. The van der Waals surface area contributed by atoms with Crippen LogP contribution in [0.5, 0.6) is 5.75 Å². The van der Waals surface area contributed by atoms with Crippen molar-refractivity contribution in [3.05, 3.63) is 95.7 Å². The molecule has 1 aliphatic heterocycles. The lowest BCUT2D eigenvalue weighted by atomic mass is 9.97. The van der Waals surface area contributed by atoms with Crippen molar-refractivity contribution in [3.63, 3.8) is 0 Å². The fourth-order valence-electron chi connectivity index (χ4n) is 4.67. The number of hydrogen-bond acceptors (Lipinski definition) is 3. The van der Waals surface area contributed by atoms with Crippen molar-refractivity contribution in [3.8, 4) is 5.75 Å². The quantitative estimate of drug-likeness (QED) is 0.421. The van der Waals surface area contributed by atoms with Crippen molar-refractivity contribution in [2.45, 2.75) is 19.4 Å². The minimum atomic E-state index is -0.328. The van der Waals surface area contributed by atoms with E-state index in [2.05, 4.69) is 35.1 Å². The molecular weight excluding hydrogens is 426 g/mol. The van der Waals surface area contributed by atoms with Gasteiger partial charge in [-0.1, -0.05) is 43.3 Å². The van der Waals surface area contributed by atoms with Crippen LogP contribution in [0.15, 0.2) is 79.0 Å². The molecule has 0 aliphatic carbocycles. The summed E-state index contributed by atoms with van der Waals surface area (Å²) >= 11 is 0. The summed E-state index contributed by atoms with van der Waals surface area (Å²) in [5.74, 6) is 0.390. The second-order valence-corrected chi connectivity index (χ2v) is 8.56. The van der Waals surface area contributed by atoms with Crippen molar-refractivity contribution in [1.82, 2.24) is 9.47 Å². The normalized spacial score (nSPS) is 14.9. The molecule has 0 saturated heterocycles. The smallest absolute Gasteiger partial charge is 0.255 e. The molecule has 0 radical (unpaired) electrons. The van der Waals surface area contributed by atoms with Crippen molar-refractivity contribution in [2.24, 2.45) is 7.05 Å². The van der Waals surface area contributed by atoms with Crippen LogP contribution < -0.4 is 10.1 Å². The zero-order chi connectivity index (χ0) is 23.7. The Balaban J connectivity index is 1.43. The Bertz CT molecular complexity index is 1360. The number of carbonyl (C=O) groups excluding carboxylic acids is 2. The van der Waals surface area contributed by atoms with Crippen molar-refractivity contribution >= 4 is 28.4 Å². The van der Waals surface area contributed by atoms with Gasteiger partial charge in [-0.25, -0.2) is 0 Å². The Morgan fingerprint density at radius 2 is 1.71 bits per heavy atom. The summed E-state index contributed by atoms with van der Waals surface area (Å²) in [6, 6.07) is 22.7. The number of benzene rings is 3. The van der Waals surface area contributed by atoms with Gasteiger partial charge in [0.15, 0.2) is 0 Å². The van der Waals surface area contributed by atoms with Gasteiger partial charge in [0.2, 0.25) is 5.91 Å². The first-order valence-electron chi connectivity index (χ1n) is 11.5. The highest BCUT2D eigenvalue weighted by molar-refractivity contribution is 6.04. The minimum Gasteiger partial charge on any atom is -0.494 e. The van der Waals surface area contributed by atoms with E-state index in [1.165, 1.54) is 0 Å². The Morgan fingerprint density at radius 1 is 0.971 bits per heavy atom. The summed E-state index contributed by atoms with van der Waals surface area (Å²) in [5, 5.41) is 4.00. The van der Waals surface area contributed by atoms with E-state index in [-0.39, 0.29) is 24.4 Å². The van der Waals surface area contributed by atoms with Gasteiger partial charge in [-0.3, -0.25) is 9.59 Å². The maximum absolute atomic E-state index is 13.4. The maximum atomic E-state index is 13.4. The molecule has 1 aliphatic rings. The number of ether oxygens (including phenoxy) is 1. The molecule has 1 unspecified atom stereocenters. The first-order valence-corrected chi connectivity index (χ1v) is 11.5. The highest BCUT2D eigenvalue weighted by Gasteiger charge is 2.39. The van der Waals surface area contributed by atoms with Crippen LogP contribution >= 0.6 is 0 Å². The summed E-state index contributed by atoms with van der Waals surface area (Å²) in [7, 11) is 2.00. The van der Waals surface area contributed by atoms with E-state index in [9.17, 15) is 9.59 Å². The number of fused-ring (bicyclic) bond motifs is 2. The summed E-state index contributed by atoms with van der Waals surface area (Å²) in [5.41, 5.74) is 4.34. The lowest BCUT2D eigenvalue weighted by molar-refractivity contribution is -0.117. The van der Waals surface area contributed by atoms with E-state index in [4.69, 9.17) is 4.74 Å². The SMILES string of the molecule is CCCOc1ccc(NC(=O)CN2C(=O)c3ccccc3C2c2cn(C)c3ccccc23)cc1. The standard InChI is InChI=1S/C28H27N3O3/c1-3-16-34-20-14-12-19(13-15-20)29-26(32)18-31-27(22-9-4-5-10-23(22)28(31)33)24-17-30(2)25-11-7-6-8-21(24)25/h4-15,17,27H,3,16,18H2,1-2H3,(H,29,32). The van der Waals surface area contributed by atoms with Crippen LogP contribution in [0.2, 0.25) is 0 Å². The Kier molecular flexibility index (Phi) is 5.80. The summed E-state index contributed by atoms with van der Waals surface area (Å²) in [4.78, 5) is 28.1. The topological polar surface area (TPSA) is 63.6 Å². The molecule has 0 bridgehead atoms. The van der Waals surface area contributed by atoms with Gasteiger partial charge >= 0.3 is 0 Å². The number of nitrogens with zero attached hydrogens (tertiary/aromatic N) is 2. The number of aromatic nitrogens is 1. The van der Waals surface area contributed by atoms with Gasteiger partial charge in [0, 0.05) is 41.0 Å². The second-order valence-electron chi connectivity index (χ2n) is 8.56. The van der Waals surface area contributed by atoms with Crippen LogP contribution in [0.4, 0.5) is 5.69 Å². The molecule has 0 fully saturated rings. The number of para-hydroxylation sites is 1. The molecule has 1 N–H and O–H groups in total. The first kappa shape index (κ1) is 21.8. The molecule has 3 aromatic carbocycles. The third-order valence-corrected chi connectivity index (χ3v) is 6.21. The molecule has 4 aromatic rings. The number of hydrogen-bond donors (Lipinski definition) is 1. The van der Waals surface area contributed by atoms with Crippen LogP contribution in [0.1, 0.15) is 40.9 Å². The first-order chi connectivity index (χ1) is 16.6. The molecule has 1 aromatic heterocycles. The fraction of sp³-hybridized carbons (Fsp3) is 0.214. The van der Waals surface area contributed by atoms with Crippen LogP contribution in [-0.2, 0) is 11.8 Å². The number of carbonyl (C=O) groups is 2. The fourth-order valence-corrected chi connectivity index (χ4v) is 4.67. The van der Waals surface area contributed by atoms with Gasteiger partial charge in [-0.2, -0.15) is 0 Å². The van der Waals surface area contributed by atoms with Gasteiger partial charge in [-0.15, -0.1) is 0 Å². The van der Waals surface area contributed by atoms with Crippen molar-refractivity contribution < 1.29 is 14.3 Å². The average Bonchev–Trinajstić information content (AvgIpc) is 3.32. The number of aryl methyl sites for hydroxylation is 1. The molecule has 6 nitrogen and oxygen atoms in total. The van der Waals surface area contributed by atoms with E-state index >= 15 is 0 Å². The largest absolute Gasteiger partial charge is 0.494 e. The van der Waals surface area contributed by atoms with E-state index in [1.807, 2.05) is 67.7 Å². The van der Waals surface area contributed by atoms with Crippen molar-refractivity contribution in [1.29, 1.82) is 0 Å². The number of amides is 2. The molecule has 172 valence electrons. The molecule has 34 heavy (non-hydrogen) atoms. The zero-order valence-corrected chi connectivity index (χ0v) is 19.3. The molecule has 0 saturated carbocycles. The summed E-state index contributed by atoms with van der Waals surface area (Å²) in [6.07, 6.45) is 2.99.